The Morgan fingerprint density at radius 3 is 2.58 bits per heavy atom. The van der Waals surface area contributed by atoms with Crippen molar-refractivity contribution in [3.8, 4) is 0 Å². The maximum absolute atomic E-state index is 13.4. The molecule has 3 rings (SSSR count). The third-order valence-corrected chi connectivity index (χ3v) is 5.03. The van der Waals surface area contributed by atoms with Crippen molar-refractivity contribution in [3.05, 3.63) is 52.6 Å². The van der Waals surface area contributed by atoms with Crippen LogP contribution in [-0.2, 0) is 29.7 Å². The summed E-state index contributed by atoms with van der Waals surface area (Å²) in [6.07, 6.45) is 0. The van der Waals surface area contributed by atoms with Gasteiger partial charge >= 0.3 is 0 Å². The molecule has 0 radical (unpaired) electrons. The summed E-state index contributed by atoms with van der Waals surface area (Å²) in [5, 5.41) is 4.37. The maximum Gasteiger partial charge on any atom is 0.245 e. The second-order valence-corrected chi connectivity index (χ2v) is 6.79. The summed E-state index contributed by atoms with van der Waals surface area (Å²) in [5.41, 5.74) is 3.49. The first-order valence-electron chi connectivity index (χ1n) is 8.59. The summed E-state index contributed by atoms with van der Waals surface area (Å²) in [6, 6.07) is 5.53. The van der Waals surface area contributed by atoms with Gasteiger partial charge in [-0.05, 0) is 38.5 Å². The average molecular weight is 358 g/mol. The second kappa shape index (κ2) is 6.90. The molecule has 0 aliphatic carbocycles. The van der Waals surface area contributed by atoms with Crippen molar-refractivity contribution < 1.29 is 14.0 Å². The van der Waals surface area contributed by atoms with Gasteiger partial charge in [0.1, 0.15) is 18.4 Å². The van der Waals surface area contributed by atoms with Crippen molar-refractivity contribution >= 4 is 11.8 Å². The fourth-order valence-electron chi connectivity index (χ4n) is 3.38. The molecule has 0 saturated carbocycles. The molecule has 2 amide bonds. The van der Waals surface area contributed by atoms with Crippen LogP contribution in [0.2, 0.25) is 0 Å². The van der Waals surface area contributed by atoms with Crippen LogP contribution in [0.25, 0.3) is 0 Å². The van der Waals surface area contributed by atoms with Crippen molar-refractivity contribution in [3.63, 3.8) is 0 Å². The number of aromatic nitrogens is 2. The zero-order chi connectivity index (χ0) is 19.0. The highest BCUT2D eigenvalue weighted by atomic mass is 19.1. The Kier molecular flexibility index (Phi) is 4.80. The molecule has 0 N–H and O–H groups in total. The molecule has 138 valence electrons. The molecular formula is C19H23FN4O2. The van der Waals surface area contributed by atoms with Crippen molar-refractivity contribution in [1.82, 2.24) is 19.6 Å². The zero-order valence-electron chi connectivity index (χ0n) is 15.5. The van der Waals surface area contributed by atoms with Gasteiger partial charge in [0.05, 0.1) is 12.2 Å². The topological polar surface area (TPSA) is 58.4 Å². The number of piperazine rings is 1. The van der Waals surface area contributed by atoms with Crippen molar-refractivity contribution in [2.45, 2.75) is 39.9 Å². The molecular weight excluding hydrogens is 335 g/mol. The molecule has 6 nitrogen and oxygen atoms in total. The lowest BCUT2D eigenvalue weighted by atomic mass is 10.1. The Morgan fingerprint density at radius 1 is 1.23 bits per heavy atom. The first kappa shape index (κ1) is 18.1. The summed E-state index contributed by atoms with van der Waals surface area (Å²) in [4.78, 5) is 28.5. The van der Waals surface area contributed by atoms with E-state index in [2.05, 4.69) is 5.10 Å². The molecule has 2 aromatic rings. The number of hydrogen-bond donors (Lipinski definition) is 0. The lowest BCUT2D eigenvalue weighted by molar-refractivity contribution is -0.156. The van der Waals surface area contributed by atoms with Crippen LogP contribution in [0.15, 0.2) is 24.3 Å². The number of amides is 2. The van der Waals surface area contributed by atoms with Crippen LogP contribution in [-0.4, -0.2) is 44.0 Å². The van der Waals surface area contributed by atoms with E-state index >= 15 is 0 Å². The molecule has 1 aliphatic rings. The van der Waals surface area contributed by atoms with Gasteiger partial charge < -0.3 is 9.80 Å². The zero-order valence-corrected chi connectivity index (χ0v) is 15.5. The Labute approximate surface area is 152 Å². The Bertz CT molecular complexity index is 861. The van der Waals surface area contributed by atoms with Crippen molar-refractivity contribution in [2.24, 2.45) is 7.05 Å². The molecule has 0 bridgehead atoms. The molecule has 1 aliphatic heterocycles. The third-order valence-electron chi connectivity index (χ3n) is 5.03. The first-order chi connectivity index (χ1) is 12.3. The van der Waals surface area contributed by atoms with Gasteiger partial charge in [-0.3, -0.25) is 14.3 Å². The van der Waals surface area contributed by atoms with Gasteiger partial charge in [0.15, 0.2) is 0 Å². The van der Waals surface area contributed by atoms with Crippen LogP contribution >= 0.6 is 0 Å². The fourth-order valence-corrected chi connectivity index (χ4v) is 3.38. The highest BCUT2D eigenvalue weighted by molar-refractivity contribution is 5.94. The number of nitrogens with zero attached hydrogens (tertiary/aromatic N) is 4. The monoisotopic (exact) mass is 358 g/mol. The van der Waals surface area contributed by atoms with Crippen LogP contribution in [0.4, 0.5) is 4.39 Å². The second-order valence-electron chi connectivity index (χ2n) is 6.79. The molecule has 26 heavy (non-hydrogen) atoms. The minimum atomic E-state index is -0.566. The SMILES string of the molecule is Cc1nn(C)c(C)c1CN1C(=O)CN(Cc2cccc(F)c2)C(=O)[C@@H]1C. The Morgan fingerprint density at radius 2 is 1.96 bits per heavy atom. The van der Waals surface area contributed by atoms with E-state index in [4.69, 9.17) is 0 Å². The highest BCUT2D eigenvalue weighted by Crippen LogP contribution is 2.21. The van der Waals surface area contributed by atoms with E-state index in [1.165, 1.54) is 17.0 Å². The van der Waals surface area contributed by atoms with Gasteiger partial charge in [-0.1, -0.05) is 12.1 Å². The van der Waals surface area contributed by atoms with Crippen LogP contribution in [0.3, 0.4) is 0 Å². The summed E-state index contributed by atoms with van der Waals surface area (Å²) in [6.45, 7) is 6.18. The molecule has 2 heterocycles. The molecule has 0 spiro atoms. The minimum Gasteiger partial charge on any atom is -0.327 e. The Balaban J connectivity index is 1.77. The van der Waals surface area contributed by atoms with Crippen molar-refractivity contribution in [2.75, 3.05) is 6.54 Å². The van der Waals surface area contributed by atoms with Crippen LogP contribution in [0.5, 0.6) is 0 Å². The summed E-state index contributed by atoms with van der Waals surface area (Å²) >= 11 is 0. The van der Waals surface area contributed by atoms with E-state index in [1.54, 1.807) is 28.6 Å². The van der Waals surface area contributed by atoms with E-state index < -0.39 is 6.04 Å². The number of carbonyl (C=O) groups is 2. The standard InChI is InChI=1S/C19H23FN4O2/c1-12-17(13(2)22(4)21-12)10-24-14(3)19(26)23(11-18(24)25)9-15-6-5-7-16(20)8-15/h5-8,14H,9-11H2,1-4H3/t14-/m0/s1. The number of halogens is 1. The molecule has 1 aromatic carbocycles. The van der Waals surface area contributed by atoms with E-state index in [0.717, 1.165) is 17.0 Å². The average Bonchev–Trinajstić information content (AvgIpc) is 2.82. The molecule has 1 fully saturated rings. The largest absolute Gasteiger partial charge is 0.327 e. The number of hydrogen-bond acceptors (Lipinski definition) is 3. The maximum atomic E-state index is 13.4. The number of benzene rings is 1. The molecule has 1 atom stereocenters. The molecule has 0 unspecified atom stereocenters. The van der Waals surface area contributed by atoms with Gasteiger partial charge in [-0.15, -0.1) is 0 Å². The predicted molar refractivity (Wildman–Crippen MR) is 94.5 cm³/mol. The number of rotatable bonds is 4. The number of carbonyl (C=O) groups excluding carboxylic acids is 2. The van der Waals surface area contributed by atoms with E-state index in [9.17, 15) is 14.0 Å². The van der Waals surface area contributed by atoms with Crippen molar-refractivity contribution in [1.29, 1.82) is 0 Å². The van der Waals surface area contributed by atoms with Crippen LogP contribution < -0.4 is 0 Å². The predicted octanol–water partition coefficient (Wildman–Crippen LogP) is 1.94. The molecule has 1 aromatic heterocycles. The van der Waals surface area contributed by atoms with E-state index in [0.29, 0.717) is 12.1 Å². The van der Waals surface area contributed by atoms with E-state index in [-0.39, 0.29) is 30.7 Å². The van der Waals surface area contributed by atoms with Gasteiger partial charge in [-0.2, -0.15) is 5.10 Å². The fraction of sp³-hybridized carbons (Fsp3) is 0.421. The number of aryl methyl sites for hydroxylation is 2. The Hall–Kier alpha value is -2.70. The smallest absolute Gasteiger partial charge is 0.245 e. The quantitative estimate of drug-likeness (QED) is 0.839. The highest BCUT2D eigenvalue weighted by Gasteiger charge is 2.37. The minimum absolute atomic E-state index is 0.00194. The van der Waals surface area contributed by atoms with Crippen LogP contribution in [0.1, 0.15) is 29.4 Å². The summed E-state index contributed by atoms with van der Waals surface area (Å²) in [7, 11) is 1.86. The molecule has 1 saturated heterocycles. The van der Waals surface area contributed by atoms with Gasteiger partial charge in [0.25, 0.3) is 0 Å². The lowest BCUT2D eigenvalue weighted by Gasteiger charge is -2.39. The third kappa shape index (κ3) is 3.34. The first-order valence-corrected chi connectivity index (χ1v) is 8.59. The van der Waals surface area contributed by atoms with Crippen LogP contribution in [0, 0.1) is 19.7 Å². The normalized spacial score (nSPS) is 18.0. The summed E-state index contributed by atoms with van der Waals surface area (Å²) < 4.78 is 15.1. The van der Waals surface area contributed by atoms with Gasteiger partial charge in [0.2, 0.25) is 11.8 Å². The lowest BCUT2D eigenvalue weighted by Crippen LogP contribution is -2.58. The van der Waals surface area contributed by atoms with Gasteiger partial charge in [-0.25, -0.2) is 4.39 Å². The molecule has 7 heteroatoms. The summed E-state index contributed by atoms with van der Waals surface area (Å²) in [5.74, 6) is -0.597. The van der Waals surface area contributed by atoms with E-state index in [1.807, 2.05) is 20.9 Å². The van der Waals surface area contributed by atoms with Gasteiger partial charge in [0, 0.05) is 24.8 Å².